The number of nitrogens with zero attached hydrogens (tertiary/aromatic N) is 2. The molecule has 1 fully saturated rings. The maximum atomic E-state index is 12.7. The van der Waals surface area contributed by atoms with Gasteiger partial charge in [-0.15, -0.1) is 0 Å². The molecule has 1 N–H and O–H groups in total. The van der Waals surface area contributed by atoms with Crippen LogP contribution in [0.4, 0.5) is 14.5 Å². The monoisotopic (exact) mass is 439 g/mol. The summed E-state index contributed by atoms with van der Waals surface area (Å²) in [6, 6.07) is 12.6. The van der Waals surface area contributed by atoms with E-state index >= 15 is 0 Å². The van der Waals surface area contributed by atoms with Crippen molar-refractivity contribution in [1.82, 2.24) is 9.21 Å². The molecule has 0 saturated carbocycles. The van der Waals surface area contributed by atoms with Gasteiger partial charge in [-0.1, -0.05) is 18.2 Å². The molecule has 1 amide bonds. The maximum absolute atomic E-state index is 12.7. The Labute approximate surface area is 174 Å². The van der Waals surface area contributed by atoms with Crippen molar-refractivity contribution in [1.29, 1.82) is 0 Å². The lowest BCUT2D eigenvalue weighted by atomic mass is 10.2. The highest BCUT2D eigenvalue weighted by Gasteiger charge is 2.28. The van der Waals surface area contributed by atoms with Crippen molar-refractivity contribution in [3.8, 4) is 5.75 Å². The van der Waals surface area contributed by atoms with Crippen LogP contribution in [-0.2, 0) is 14.8 Å². The van der Waals surface area contributed by atoms with Crippen LogP contribution in [0.2, 0.25) is 0 Å². The van der Waals surface area contributed by atoms with Crippen LogP contribution in [0.15, 0.2) is 53.4 Å². The average molecular weight is 439 g/mol. The molecule has 30 heavy (non-hydrogen) atoms. The summed E-state index contributed by atoms with van der Waals surface area (Å²) in [7, 11) is -3.54. The Hall–Kier alpha value is -2.56. The van der Waals surface area contributed by atoms with E-state index in [1.807, 2.05) is 4.90 Å². The minimum Gasteiger partial charge on any atom is -0.435 e. The number of piperazine rings is 1. The van der Waals surface area contributed by atoms with Crippen molar-refractivity contribution < 1.29 is 26.7 Å². The van der Waals surface area contributed by atoms with Gasteiger partial charge in [-0.3, -0.25) is 9.69 Å². The van der Waals surface area contributed by atoms with Gasteiger partial charge in [-0.2, -0.15) is 13.1 Å². The molecular formula is C20H23F2N3O4S. The number of halogens is 2. The van der Waals surface area contributed by atoms with Crippen molar-refractivity contribution in [2.75, 3.05) is 38.0 Å². The Kier molecular flexibility index (Phi) is 7.01. The molecule has 0 bridgehead atoms. The normalized spacial score (nSPS) is 15.9. The Morgan fingerprint density at radius 1 is 1.10 bits per heavy atom. The first-order chi connectivity index (χ1) is 14.3. The molecule has 0 atom stereocenters. The lowest BCUT2D eigenvalue weighted by molar-refractivity contribution is -0.117. The summed E-state index contributed by atoms with van der Waals surface area (Å²) in [5, 5.41) is 2.75. The Morgan fingerprint density at radius 2 is 1.77 bits per heavy atom. The standard InChI is InChI=1S/C20H23F2N3O4S/c1-15-13-16(29-20(21)22)7-8-18(15)23-19(26)14-24-9-11-25(12-10-24)30(27,28)17-5-3-2-4-6-17/h2-8,13,20H,9-12,14H2,1H3,(H,23,26). The van der Waals surface area contributed by atoms with E-state index in [9.17, 15) is 22.0 Å². The molecule has 2 aromatic carbocycles. The van der Waals surface area contributed by atoms with Crippen molar-refractivity contribution in [3.05, 3.63) is 54.1 Å². The lowest BCUT2D eigenvalue weighted by Crippen LogP contribution is -2.50. The number of ether oxygens (including phenoxy) is 1. The van der Waals surface area contributed by atoms with E-state index in [4.69, 9.17) is 0 Å². The van der Waals surface area contributed by atoms with Crippen molar-refractivity contribution in [2.24, 2.45) is 0 Å². The molecule has 1 aliphatic heterocycles. The molecule has 0 aromatic heterocycles. The summed E-state index contributed by atoms with van der Waals surface area (Å²) in [6.07, 6.45) is 0. The fourth-order valence-corrected chi connectivity index (χ4v) is 4.66. The molecular weight excluding hydrogens is 416 g/mol. The molecule has 10 heteroatoms. The van der Waals surface area contributed by atoms with Crippen molar-refractivity contribution >= 4 is 21.6 Å². The molecule has 2 aromatic rings. The number of sulfonamides is 1. The van der Waals surface area contributed by atoms with Gasteiger partial charge in [0.05, 0.1) is 11.4 Å². The third-order valence-corrected chi connectivity index (χ3v) is 6.69. The third kappa shape index (κ3) is 5.53. The molecule has 0 aliphatic carbocycles. The molecule has 0 unspecified atom stereocenters. The number of nitrogens with one attached hydrogen (secondary N) is 1. The van der Waals surface area contributed by atoms with Gasteiger partial charge in [0.1, 0.15) is 5.75 Å². The third-order valence-electron chi connectivity index (χ3n) is 4.78. The first-order valence-electron chi connectivity index (χ1n) is 9.38. The second-order valence-corrected chi connectivity index (χ2v) is 8.83. The molecule has 0 spiro atoms. The van der Waals surface area contributed by atoms with Crippen LogP contribution < -0.4 is 10.1 Å². The van der Waals surface area contributed by atoms with E-state index in [1.165, 1.54) is 22.5 Å². The Morgan fingerprint density at radius 3 is 2.37 bits per heavy atom. The van der Waals surface area contributed by atoms with E-state index in [1.54, 1.807) is 37.3 Å². The highest BCUT2D eigenvalue weighted by atomic mass is 32.2. The van der Waals surface area contributed by atoms with Gasteiger partial charge in [0, 0.05) is 31.9 Å². The zero-order chi connectivity index (χ0) is 21.7. The highest BCUT2D eigenvalue weighted by Crippen LogP contribution is 2.23. The van der Waals surface area contributed by atoms with Crippen molar-refractivity contribution in [2.45, 2.75) is 18.4 Å². The number of alkyl halides is 2. The molecule has 3 rings (SSSR count). The number of benzene rings is 2. The molecule has 1 saturated heterocycles. The number of hydrogen-bond donors (Lipinski definition) is 1. The fourth-order valence-electron chi connectivity index (χ4n) is 3.21. The maximum Gasteiger partial charge on any atom is 0.387 e. The minimum atomic E-state index is -3.54. The predicted molar refractivity (Wildman–Crippen MR) is 108 cm³/mol. The van der Waals surface area contributed by atoms with Crippen LogP contribution in [0.3, 0.4) is 0 Å². The topological polar surface area (TPSA) is 79.0 Å². The quantitative estimate of drug-likeness (QED) is 0.717. The molecule has 162 valence electrons. The number of hydrogen-bond acceptors (Lipinski definition) is 5. The molecule has 1 aliphatic rings. The second-order valence-electron chi connectivity index (χ2n) is 6.90. The number of aryl methyl sites for hydroxylation is 1. The summed E-state index contributed by atoms with van der Waals surface area (Å²) in [4.78, 5) is 14.5. The summed E-state index contributed by atoms with van der Waals surface area (Å²) < 4.78 is 55.6. The van der Waals surface area contributed by atoms with Crippen LogP contribution >= 0.6 is 0 Å². The van der Waals surface area contributed by atoms with Gasteiger partial charge >= 0.3 is 6.61 Å². The Balaban J connectivity index is 1.52. The molecule has 0 radical (unpaired) electrons. The minimum absolute atomic E-state index is 0.0243. The number of carbonyl (C=O) groups is 1. The number of amides is 1. The zero-order valence-corrected chi connectivity index (χ0v) is 17.2. The van der Waals surface area contributed by atoms with E-state index in [2.05, 4.69) is 10.1 Å². The largest absolute Gasteiger partial charge is 0.435 e. The van der Waals surface area contributed by atoms with Gasteiger partial charge in [0.15, 0.2) is 0 Å². The van der Waals surface area contributed by atoms with E-state index in [0.29, 0.717) is 37.4 Å². The fraction of sp³-hybridized carbons (Fsp3) is 0.350. The van der Waals surface area contributed by atoms with Crippen LogP contribution in [0.25, 0.3) is 0 Å². The highest BCUT2D eigenvalue weighted by molar-refractivity contribution is 7.89. The van der Waals surface area contributed by atoms with E-state index < -0.39 is 16.6 Å². The Bertz CT molecular complexity index is 979. The molecule has 1 heterocycles. The van der Waals surface area contributed by atoms with Crippen LogP contribution in [-0.4, -0.2) is 62.9 Å². The smallest absolute Gasteiger partial charge is 0.387 e. The van der Waals surface area contributed by atoms with E-state index in [-0.39, 0.29) is 23.1 Å². The van der Waals surface area contributed by atoms with Gasteiger partial charge in [0.2, 0.25) is 15.9 Å². The second kappa shape index (κ2) is 9.50. The summed E-state index contributed by atoms with van der Waals surface area (Å²) in [5.74, 6) is -0.240. The number of rotatable bonds is 7. The number of anilines is 1. The zero-order valence-electron chi connectivity index (χ0n) is 16.4. The van der Waals surface area contributed by atoms with Gasteiger partial charge in [-0.05, 0) is 42.8 Å². The summed E-state index contributed by atoms with van der Waals surface area (Å²) >= 11 is 0. The summed E-state index contributed by atoms with van der Waals surface area (Å²) in [6.45, 7) is 0.329. The van der Waals surface area contributed by atoms with Crippen LogP contribution in [0, 0.1) is 6.92 Å². The van der Waals surface area contributed by atoms with Crippen LogP contribution in [0.1, 0.15) is 5.56 Å². The van der Waals surface area contributed by atoms with E-state index in [0.717, 1.165) is 0 Å². The first kappa shape index (κ1) is 22.1. The van der Waals surface area contributed by atoms with Crippen molar-refractivity contribution in [3.63, 3.8) is 0 Å². The van der Waals surface area contributed by atoms with Gasteiger partial charge in [-0.25, -0.2) is 8.42 Å². The van der Waals surface area contributed by atoms with Gasteiger partial charge in [0.25, 0.3) is 0 Å². The molecule has 7 nitrogen and oxygen atoms in total. The summed E-state index contributed by atoms with van der Waals surface area (Å²) in [5.41, 5.74) is 1.10. The SMILES string of the molecule is Cc1cc(OC(F)F)ccc1NC(=O)CN1CCN(S(=O)(=O)c2ccccc2)CC1. The number of carbonyl (C=O) groups excluding carboxylic acids is 1. The predicted octanol–water partition coefficient (Wildman–Crippen LogP) is 2.54. The average Bonchev–Trinajstić information content (AvgIpc) is 2.71. The van der Waals surface area contributed by atoms with Crippen LogP contribution in [0.5, 0.6) is 5.75 Å². The lowest BCUT2D eigenvalue weighted by Gasteiger charge is -2.33. The first-order valence-corrected chi connectivity index (χ1v) is 10.8. The van der Waals surface area contributed by atoms with Gasteiger partial charge < -0.3 is 10.1 Å².